The predicted molar refractivity (Wildman–Crippen MR) is 28.8 cm³/mol. The smallest absolute Gasteiger partial charge is 0.302 e. The highest BCUT2D eigenvalue weighted by atomic mass is 16.5. The Labute approximate surface area is 49.8 Å². The van der Waals surface area contributed by atoms with Gasteiger partial charge in [0, 0.05) is 13.8 Å². The van der Waals surface area contributed by atoms with Gasteiger partial charge in [-0.05, 0) is 13.3 Å². The fourth-order valence-corrected chi connectivity index (χ4v) is 0.261. The van der Waals surface area contributed by atoms with E-state index in [2.05, 4.69) is 4.74 Å². The summed E-state index contributed by atoms with van der Waals surface area (Å²) in [5.41, 5.74) is 0. The number of hydrogen-bond acceptors (Lipinski definition) is 2. The van der Waals surface area contributed by atoms with Crippen LogP contribution in [0.25, 0.3) is 0 Å². The third kappa shape index (κ3) is 3.65. The maximum absolute atomic E-state index is 10.1. The zero-order chi connectivity index (χ0) is 6.57. The van der Waals surface area contributed by atoms with Crippen LogP contribution < -0.4 is 0 Å². The summed E-state index contributed by atoms with van der Waals surface area (Å²) in [6.07, 6.45) is -0.480. The van der Waals surface area contributed by atoms with E-state index in [9.17, 15) is 4.79 Å². The maximum Gasteiger partial charge on any atom is 0.302 e. The van der Waals surface area contributed by atoms with Crippen molar-refractivity contribution in [3.8, 4) is 0 Å². The summed E-state index contributed by atoms with van der Waals surface area (Å²) in [4.78, 5) is 10.1. The summed E-state index contributed by atoms with van der Waals surface area (Å²) in [6, 6.07) is 0. The molecule has 0 heterocycles. The molecule has 0 aliphatic carbocycles. The van der Waals surface area contributed by atoms with E-state index in [-0.39, 0.29) is 6.42 Å². The Kier molecular flexibility index (Phi) is 3.24. The van der Waals surface area contributed by atoms with Gasteiger partial charge in [-0.2, -0.15) is 0 Å². The first-order chi connectivity index (χ1) is 3.66. The summed E-state index contributed by atoms with van der Waals surface area (Å²) in [6.45, 7) is 11.4. The van der Waals surface area contributed by atoms with Gasteiger partial charge in [-0.1, -0.05) is 0 Å². The molecule has 1 atom stereocenters. The molecular weight excluding hydrogens is 104 g/mol. The van der Waals surface area contributed by atoms with Gasteiger partial charge >= 0.3 is 5.97 Å². The Balaban J connectivity index is 3.24. The number of esters is 1. The zero-order valence-corrected chi connectivity index (χ0v) is 4.76. The lowest BCUT2D eigenvalue weighted by Crippen LogP contribution is -2.10. The number of ether oxygens (including phenoxy) is 1. The van der Waals surface area contributed by atoms with E-state index in [0.29, 0.717) is 0 Å². The van der Waals surface area contributed by atoms with Crippen molar-refractivity contribution in [3.05, 3.63) is 13.8 Å². The van der Waals surface area contributed by atoms with Crippen LogP contribution in [0.3, 0.4) is 0 Å². The molecule has 0 aromatic rings. The summed E-state index contributed by atoms with van der Waals surface area (Å²) < 4.78 is 4.41. The van der Waals surface area contributed by atoms with Gasteiger partial charge in [0.05, 0.1) is 0 Å². The second kappa shape index (κ2) is 3.47. The van der Waals surface area contributed by atoms with Gasteiger partial charge in [-0.25, -0.2) is 0 Å². The summed E-state index contributed by atoms with van der Waals surface area (Å²) in [7, 11) is 0. The maximum atomic E-state index is 10.1. The largest absolute Gasteiger partial charge is 0.462 e. The van der Waals surface area contributed by atoms with Crippen LogP contribution in [0, 0.1) is 13.8 Å². The number of carbonyl (C=O) groups is 1. The standard InChI is InChI=1S/C6H8O2/c1-4-5(2)8-6(3)7/h1-2,5H,4H2,3H3. The molecule has 0 aliphatic heterocycles. The Morgan fingerprint density at radius 2 is 2.38 bits per heavy atom. The minimum atomic E-state index is -0.646. The SMILES string of the molecule is [CH]CC([CH])OC(C)=O. The second-order valence-corrected chi connectivity index (χ2v) is 1.38. The molecule has 0 fully saturated rings. The average Bonchev–Trinajstić information content (AvgIpc) is 1.65. The van der Waals surface area contributed by atoms with Crippen molar-refractivity contribution in [2.75, 3.05) is 0 Å². The van der Waals surface area contributed by atoms with E-state index in [1.165, 1.54) is 6.92 Å². The van der Waals surface area contributed by atoms with Crippen LogP contribution >= 0.6 is 0 Å². The topological polar surface area (TPSA) is 26.3 Å². The van der Waals surface area contributed by atoms with E-state index in [0.717, 1.165) is 0 Å². The molecule has 0 aromatic heterocycles. The van der Waals surface area contributed by atoms with Crippen LogP contribution in [-0.4, -0.2) is 12.1 Å². The predicted octanol–water partition coefficient (Wildman–Crippen LogP) is 0.730. The normalized spacial score (nSPS) is 12.9. The van der Waals surface area contributed by atoms with Crippen molar-refractivity contribution in [2.24, 2.45) is 0 Å². The van der Waals surface area contributed by atoms with Crippen molar-refractivity contribution in [2.45, 2.75) is 19.4 Å². The lowest BCUT2D eigenvalue weighted by Gasteiger charge is -2.05. The van der Waals surface area contributed by atoms with Crippen LogP contribution in [0.15, 0.2) is 0 Å². The van der Waals surface area contributed by atoms with E-state index >= 15 is 0 Å². The monoisotopic (exact) mass is 112 g/mol. The molecule has 4 radical (unpaired) electrons. The molecule has 0 aromatic carbocycles. The minimum absolute atomic E-state index is 0.166. The first-order valence-corrected chi connectivity index (χ1v) is 2.29. The highest BCUT2D eigenvalue weighted by molar-refractivity contribution is 5.66. The number of hydrogen-bond donors (Lipinski definition) is 0. The molecule has 0 amide bonds. The average molecular weight is 112 g/mol. The van der Waals surface area contributed by atoms with Crippen molar-refractivity contribution in [1.29, 1.82) is 0 Å². The lowest BCUT2D eigenvalue weighted by molar-refractivity contribution is -0.144. The molecule has 0 rings (SSSR count). The molecule has 0 saturated carbocycles. The van der Waals surface area contributed by atoms with E-state index in [4.69, 9.17) is 13.8 Å². The van der Waals surface area contributed by atoms with Gasteiger partial charge in [-0.15, -0.1) is 0 Å². The number of carbonyl (C=O) groups excluding carboxylic acids is 1. The Bertz CT molecular complexity index is 78.6. The first-order valence-electron chi connectivity index (χ1n) is 2.29. The molecule has 44 valence electrons. The van der Waals surface area contributed by atoms with Crippen molar-refractivity contribution < 1.29 is 9.53 Å². The third-order valence-electron chi connectivity index (χ3n) is 0.550. The van der Waals surface area contributed by atoms with Crippen LogP contribution in [0.4, 0.5) is 0 Å². The molecule has 2 nitrogen and oxygen atoms in total. The van der Waals surface area contributed by atoms with Crippen LogP contribution in [0.1, 0.15) is 13.3 Å². The molecule has 2 heteroatoms. The van der Waals surface area contributed by atoms with E-state index in [1.807, 2.05) is 0 Å². The van der Waals surface area contributed by atoms with Crippen molar-refractivity contribution in [3.63, 3.8) is 0 Å². The molecule has 8 heavy (non-hydrogen) atoms. The summed E-state index contributed by atoms with van der Waals surface area (Å²) >= 11 is 0. The molecule has 0 aliphatic rings. The number of rotatable bonds is 2. The minimum Gasteiger partial charge on any atom is -0.462 e. The molecular formula is C6H8O2. The molecule has 0 spiro atoms. The molecule has 1 unspecified atom stereocenters. The van der Waals surface area contributed by atoms with Gasteiger partial charge in [-0.3, -0.25) is 4.79 Å². The molecule has 0 bridgehead atoms. The first kappa shape index (κ1) is 7.47. The van der Waals surface area contributed by atoms with Gasteiger partial charge in [0.2, 0.25) is 0 Å². The van der Waals surface area contributed by atoms with Crippen LogP contribution in [-0.2, 0) is 9.53 Å². The van der Waals surface area contributed by atoms with Gasteiger partial charge in [0.25, 0.3) is 0 Å². The fraction of sp³-hybridized carbons (Fsp3) is 0.500. The van der Waals surface area contributed by atoms with Crippen LogP contribution in [0.2, 0.25) is 0 Å². The summed E-state index contributed by atoms with van der Waals surface area (Å²) in [5, 5.41) is 0. The molecule has 0 saturated heterocycles. The highest BCUT2D eigenvalue weighted by Crippen LogP contribution is 1.93. The highest BCUT2D eigenvalue weighted by Gasteiger charge is 1.99. The van der Waals surface area contributed by atoms with E-state index < -0.39 is 12.1 Å². The summed E-state index contributed by atoms with van der Waals surface area (Å²) in [5.74, 6) is -0.400. The van der Waals surface area contributed by atoms with Crippen molar-refractivity contribution in [1.82, 2.24) is 0 Å². The quantitative estimate of drug-likeness (QED) is 0.492. The second-order valence-electron chi connectivity index (χ2n) is 1.38. The van der Waals surface area contributed by atoms with Gasteiger partial charge < -0.3 is 4.74 Å². The van der Waals surface area contributed by atoms with E-state index in [1.54, 1.807) is 0 Å². The fourth-order valence-electron chi connectivity index (χ4n) is 0.261. The Morgan fingerprint density at radius 1 is 1.88 bits per heavy atom. The Hall–Kier alpha value is -0.530. The van der Waals surface area contributed by atoms with Gasteiger partial charge in [0.1, 0.15) is 6.10 Å². The van der Waals surface area contributed by atoms with Crippen molar-refractivity contribution >= 4 is 5.97 Å². The van der Waals surface area contributed by atoms with Gasteiger partial charge in [0.15, 0.2) is 0 Å². The zero-order valence-electron chi connectivity index (χ0n) is 4.76. The lowest BCUT2D eigenvalue weighted by atomic mass is 10.3. The third-order valence-corrected chi connectivity index (χ3v) is 0.550. The Morgan fingerprint density at radius 3 is 2.50 bits per heavy atom. The molecule has 0 N–H and O–H groups in total. The van der Waals surface area contributed by atoms with Crippen LogP contribution in [0.5, 0.6) is 0 Å².